The van der Waals surface area contributed by atoms with Crippen molar-refractivity contribution in [2.75, 3.05) is 5.32 Å². The van der Waals surface area contributed by atoms with Crippen LogP contribution >= 0.6 is 34.7 Å². The van der Waals surface area contributed by atoms with Gasteiger partial charge in [-0.3, -0.25) is 0 Å². The van der Waals surface area contributed by atoms with Gasteiger partial charge in [0.25, 0.3) is 0 Å². The Morgan fingerprint density at radius 1 is 1.09 bits per heavy atom. The van der Waals surface area contributed by atoms with E-state index in [1.54, 1.807) is 23.9 Å². The van der Waals surface area contributed by atoms with Crippen molar-refractivity contribution in [1.29, 1.82) is 0 Å². The van der Waals surface area contributed by atoms with Gasteiger partial charge in [0.2, 0.25) is 5.13 Å². The molecule has 2 aromatic carbocycles. The Hall–Kier alpha value is -1.63. The van der Waals surface area contributed by atoms with Crippen LogP contribution < -0.4 is 5.32 Å². The summed E-state index contributed by atoms with van der Waals surface area (Å²) < 4.78 is 13.7. The number of thioether (sulfide) groups is 1. The van der Waals surface area contributed by atoms with Gasteiger partial charge in [0, 0.05) is 17.3 Å². The molecule has 0 unspecified atom stereocenters. The molecule has 0 radical (unpaired) electrons. The van der Waals surface area contributed by atoms with Gasteiger partial charge in [-0.25, -0.2) is 4.39 Å². The fourth-order valence-corrected chi connectivity index (χ4v) is 3.79. The molecule has 3 aromatic rings. The van der Waals surface area contributed by atoms with Crippen LogP contribution in [0.5, 0.6) is 0 Å². The number of rotatable bonds is 6. The molecule has 7 heteroatoms. The molecule has 0 spiro atoms. The van der Waals surface area contributed by atoms with E-state index < -0.39 is 0 Å². The molecule has 23 heavy (non-hydrogen) atoms. The molecule has 0 aliphatic carbocycles. The zero-order valence-corrected chi connectivity index (χ0v) is 14.4. The maximum absolute atomic E-state index is 12.9. The van der Waals surface area contributed by atoms with Crippen molar-refractivity contribution in [3.05, 3.63) is 70.5 Å². The Labute approximate surface area is 146 Å². The Bertz CT molecular complexity index is 777. The predicted molar refractivity (Wildman–Crippen MR) is 94.6 cm³/mol. The number of aromatic nitrogens is 2. The van der Waals surface area contributed by atoms with E-state index in [1.165, 1.54) is 23.5 Å². The van der Waals surface area contributed by atoms with Gasteiger partial charge >= 0.3 is 0 Å². The fourth-order valence-electron chi connectivity index (χ4n) is 1.89. The number of anilines is 1. The number of halogens is 2. The van der Waals surface area contributed by atoms with Crippen LogP contribution in [0.3, 0.4) is 0 Å². The molecule has 3 rings (SSSR count). The third kappa shape index (κ3) is 4.92. The van der Waals surface area contributed by atoms with Crippen LogP contribution in [0, 0.1) is 5.82 Å². The summed E-state index contributed by atoms with van der Waals surface area (Å²) >= 11 is 9.10. The van der Waals surface area contributed by atoms with Gasteiger partial charge in [0.05, 0.1) is 0 Å². The summed E-state index contributed by atoms with van der Waals surface area (Å²) in [6.07, 6.45) is 0. The second kappa shape index (κ2) is 7.77. The average molecular weight is 366 g/mol. The lowest BCUT2D eigenvalue weighted by atomic mass is 10.2. The van der Waals surface area contributed by atoms with Crippen molar-refractivity contribution >= 4 is 39.8 Å². The van der Waals surface area contributed by atoms with E-state index in [0.29, 0.717) is 6.54 Å². The molecule has 0 aliphatic rings. The molecular weight excluding hydrogens is 353 g/mol. The van der Waals surface area contributed by atoms with E-state index in [4.69, 9.17) is 11.6 Å². The third-order valence-corrected chi connectivity index (χ3v) is 5.34. The molecular formula is C16H13ClFN3S2. The lowest BCUT2D eigenvalue weighted by Crippen LogP contribution is -1.98. The van der Waals surface area contributed by atoms with Crippen LogP contribution in [0.15, 0.2) is 52.9 Å². The minimum Gasteiger partial charge on any atom is -0.356 e. The van der Waals surface area contributed by atoms with Crippen molar-refractivity contribution in [2.24, 2.45) is 0 Å². The highest BCUT2D eigenvalue weighted by Crippen LogP contribution is 2.29. The summed E-state index contributed by atoms with van der Waals surface area (Å²) in [5, 5.41) is 13.0. The molecule has 0 amide bonds. The molecule has 1 aromatic heterocycles. The van der Waals surface area contributed by atoms with Crippen molar-refractivity contribution < 1.29 is 4.39 Å². The Balaban J connectivity index is 1.52. The molecule has 0 saturated heterocycles. The third-order valence-electron chi connectivity index (χ3n) is 3.01. The number of nitrogens with zero attached hydrogens (tertiary/aromatic N) is 2. The number of hydrogen-bond donors (Lipinski definition) is 1. The van der Waals surface area contributed by atoms with Crippen molar-refractivity contribution in [3.63, 3.8) is 0 Å². The zero-order chi connectivity index (χ0) is 16.1. The normalized spacial score (nSPS) is 10.7. The lowest BCUT2D eigenvalue weighted by molar-refractivity contribution is 0.627. The van der Waals surface area contributed by atoms with Gasteiger partial charge in [-0.05, 0) is 35.4 Å². The van der Waals surface area contributed by atoms with Crippen molar-refractivity contribution in [3.8, 4) is 0 Å². The Kier molecular flexibility index (Phi) is 5.48. The molecule has 3 nitrogen and oxygen atoms in total. The maximum atomic E-state index is 12.9. The first-order valence-corrected chi connectivity index (χ1v) is 9.06. The fraction of sp³-hybridized carbons (Fsp3) is 0.125. The van der Waals surface area contributed by atoms with E-state index >= 15 is 0 Å². The quantitative estimate of drug-likeness (QED) is 0.606. The summed E-state index contributed by atoms with van der Waals surface area (Å²) in [6.45, 7) is 0.591. The summed E-state index contributed by atoms with van der Waals surface area (Å²) in [6, 6.07) is 14.2. The summed E-state index contributed by atoms with van der Waals surface area (Å²) in [5.74, 6) is 0.567. The van der Waals surface area contributed by atoms with Gasteiger partial charge in [-0.15, -0.1) is 10.2 Å². The van der Waals surface area contributed by atoms with Gasteiger partial charge in [-0.1, -0.05) is 59.0 Å². The zero-order valence-electron chi connectivity index (χ0n) is 12.0. The van der Waals surface area contributed by atoms with Crippen molar-refractivity contribution in [2.45, 2.75) is 16.6 Å². The smallest absolute Gasteiger partial charge is 0.206 e. The molecule has 118 valence electrons. The van der Waals surface area contributed by atoms with E-state index in [2.05, 4.69) is 15.5 Å². The van der Waals surface area contributed by atoms with E-state index in [-0.39, 0.29) is 5.82 Å². The number of nitrogens with one attached hydrogen (secondary N) is 1. The highest BCUT2D eigenvalue weighted by molar-refractivity contribution is 8.00. The second-order valence-electron chi connectivity index (χ2n) is 4.77. The summed E-state index contributed by atoms with van der Waals surface area (Å²) in [4.78, 5) is 0. The molecule has 1 heterocycles. The number of benzene rings is 2. The molecule has 0 saturated carbocycles. The summed E-state index contributed by atoms with van der Waals surface area (Å²) in [5.41, 5.74) is 2.15. The lowest BCUT2D eigenvalue weighted by Gasteiger charge is -2.01. The highest BCUT2D eigenvalue weighted by Gasteiger charge is 2.05. The molecule has 0 aliphatic heterocycles. The first-order valence-electron chi connectivity index (χ1n) is 6.88. The van der Waals surface area contributed by atoms with Crippen LogP contribution in [0.2, 0.25) is 5.02 Å². The second-order valence-corrected chi connectivity index (χ2v) is 7.41. The van der Waals surface area contributed by atoms with Crippen LogP contribution in [0.4, 0.5) is 9.52 Å². The monoisotopic (exact) mass is 365 g/mol. The van der Waals surface area contributed by atoms with E-state index in [1.807, 2.05) is 24.3 Å². The van der Waals surface area contributed by atoms with Gasteiger partial charge < -0.3 is 5.32 Å². The predicted octanol–water partition coefficient (Wildman–Crippen LogP) is 5.24. The van der Waals surface area contributed by atoms with Crippen LogP contribution in [0.1, 0.15) is 11.1 Å². The van der Waals surface area contributed by atoms with E-state index in [9.17, 15) is 4.39 Å². The number of hydrogen-bond acceptors (Lipinski definition) is 5. The van der Waals surface area contributed by atoms with Gasteiger partial charge in [0.15, 0.2) is 4.34 Å². The van der Waals surface area contributed by atoms with E-state index in [0.717, 1.165) is 31.4 Å². The highest BCUT2D eigenvalue weighted by atomic mass is 35.5. The summed E-state index contributed by atoms with van der Waals surface area (Å²) in [7, 11) is 0. The topological polar surface area (TPSA) is 37.8 Å². The minimum absolute atomic E-state index is 0.232. The SMILES string of the molecule is Fc1ccc(CNc2nnc(SCc3cccc(Cl)c3)s2)cc1. The minimum atomic E-state index is -0.232. The average Bonchev–Trinajstić information content (AvgIpc) is 3.00. The Morgan fingerprint density at radius 3 is 2.70 bits per heavy atom. The first-order chi connectivity index (χ1) is 11.2. The van der Waals surface area contributed by atoms with Gasteiger partial charge in [-0.2, -0.15) is 0 Å². The van der Waals surface area contributed by atoms with Crippen LogP contribution in [0.25, 0.3) is 0 Å². The molecule has 1 N–H and O–H groups in total. The first kappa shape index (κ1) is 16.2. The van der Waals surface area contributed by atoms with Crippen molar-refractivity contribution in [1.82, 2.24) is 10.2 Å². The molecule has 0 atom stereocenters. The largest absolute Gasteiger partial charge is 0.356 e. The van der Waals surface area contributed by atoms with Gasteiger partial charge in [0.1, 0.15) is 5.82 Å². The molecule has 0 fully saturated rings. The molecule has 0 bridgehead atoms. The standard InChI is InChI=1S/C16H13ClFN3S2/c17-13-3-1-2-12(8-13)10-22-16-21-20-15(23-16)19-9-11-4-6-14(18)7-5-11/h1-8H,9-10H2,(H,19,20). The Morgan fingerprint density at radius 2 is 1.91 bits per heavy atom. The van der Waals surface area contributed by atoms with Crippen LogP contribution in [-0.4, -0.2) is 10.2 Å². The van der Waals surface area contributed by atoms with Crippen LogP contribution in [-0.2, 0) is 12.3 Å². The maximum Gasteiger partial charge on any atom is 0.206 e.